The van der Waals surface area contributed by atoms with Crippen LogP contribution in [0.15, 0.2) is 18.2 Å². The van der Waals surface area contributed by atoms with Crippen molar-refractivity contribution >= 4 is 11.6 Å². The Morgan fingerprint density at radius 1 is 1.47 bits per heavy atom. The Labute approximate surface area is 97.1 Å². The third-order valence-corrected chi connectivity index (χ3v) is 2.86. The Hall–Kier alpha value is -0.600. The number of aromatic nitrogens is 1. The van der Waals surface area contributed by atoms with Crippen molar-refractivity contribution in [1.82, 2.24) is 10.3 Å². The Morgan fingerprint density at radius 3 is 2.93 bits per heavy atom. The topological polar surface area (TPSA) is 24.9 Å². The Balaban J connectivity index is 2.20. The number of hydrogen-bond acceptors (Lipinski definition) is 2. The molecule has 0 amide bonds. The van der Waals surface area contributed by atoms with E-state index in [0.29, 0.717) is 5.38 Å². The molecule has 3 heteroatoms. The van der Waals surface area contributed by atoms with E-state index in [1.165, 1.54) is 0 Å². The fraction of sp³-hybridized carbons (Fsp3) is 0.583. The maximum atomic E-state index is 6.02. The van der Waals surface area contributed by atoms with Gasteiger partial charge in [-0.3, -0.25) is 4.98 Å². The Kier molecular flexibility index (Phi) is 5.66. The summed E-state index contributed by atoms with van der Waals surface area (Å²) in [6.07, 6.45) is 2.05. The second-order valence-corrected chi connectivity index (χ2v) is 4.36. The summed E-state index contributed by atoms with van der Waals surface area (Å²) in [7, 11) is 0. The van der Waals surface area contributed by atoms with Gasteiger partial charge in [-0.05, 0) is 38.4 Å². The second-order valence-electron chi connectivity index (χ2n) is 3.74. The van der Waals surface area contributed by atoms with Crippen LogP contribution in [0.3, 0.4) is 0 Å². The van der Waals surface area contributed by atoms with Gasteiger partial charge in [0.15, 0.2) is 0 Å². The van der Waals surface area contributed by atoms with Crippen molar-refractivity contribution in [3.8, 4) is 0 Å². The van der Waals surface area contributed by atoms with E-state index in [-0.39, 0.29) is 0 Å². The zero-order valence-electron chi connectivity index (χ0n) is 9.46. The van der Waals surface area contributed by atoms with Crippen molar-refractivity contribution < 1.29 is 0 Å². The van der Waals surface area contributed by atoms with Gasteiger partial charge in [0.25, 0.3) is 0 Å². The minimum absolute atomic E-state index is 0.294. The van der Waals surface area contributed by atoms with Crippen LogP contribution in [0.4, 0.5) is 0 Å². The molecule has 0 fully saturated rings. The highest BCUT2D eigenvalue weighted by Crippen LogP contribution is 2.05. The highest BCUT2D eigenvalue weighted by Gasteiger charge is 2.00. The van der Waals surface area contributed by atoms with Crippen molar-refractivity contribution in [2.45, 2.75) is 38.6 Å². The molecule has 84 valence electrons. The highest BCUT2D eigenvalue weighted by molar-refractivity contribution is 6.20. The number of pyridine rings is 1. The van der Waals surface area contributed by atoms with Crippen LogP contribution in [0.5, 0.6) is 0 Å². The molecule has 0 radical (unpaired) electrons. The molecular weight excluding hydrogens is 208 g/mol. The van der Waals surface area contributed by atoms with Gasteiger partial charge in [0.05, 0.1) is 5.69 Å². The van der Waals surface area contributed by atoms with Crippen LogP contribution in [-0.4, -0.2) is 16.9 Å². The summed E-state index contributed by atoms with van der Waals surface area (Å²) >= 11 is 6.02. The minimum Gasteiger partial charge on any atom is -0.311 e. The summed E-state index contributed by atoms with van der Waals surface area (Å²) in [5, 5.41) is 3.64. The van der Waals surface area contributed by atoms with Gasteiger partial charge in [-0.1, -0.05) is 13.0 Å². The van der Waals surface area contributed by atoms with E-state index in [2.05, 4.69) is 17.2 Å². The van der Waals surface area contributed by atoms with Crippen LogP contribution >= 0.6 is 11.6 Å². The Morgan fingerprint density at radius 2 is 2.27 bits per heavy atom. The first-order valence-electron chi connectivity index (χ1n) is 5.49. The lowest BCUT2D eigenvalue weighted by atomic mass is 10.2. The fourth-order valence-electron chi connectivity index (χ4n) is 1.38. The first kappa shape index (κ1) is 12.5. The molecule has 0 aliphatic carbocycles. The van der Waals surface area contributed by atoms with Crippen LogP contribution in [0, 0.1) is 6.92 Å². The average molecular weight is 227 g/mol. The largest absolute Gasteiger partial charge is 0.311 e. The molecule has 1 heterocycles. The molecule has 2 nitrogen and oxygen atoms in total. The highest BCUT2D eigenvalue weighted by atomic mass is 35.5. The fourth-order valence-corrected chi connectivity index (χ4v) is 1.49. The number of aryl methyl sites for hydroxylation is 1. The molecule has 15 heavy (non-hydrogen) atoms. The van der Waals surface area contributed by atoms with E-state index >= 15 is 0 Å². The summed E-state index contributed by atoms with van der Waals surface area (Å²) in [5.41, 5.74) is 2.16. The standard InChI is InChI=1S/C12H19ClN2/c1-3-11(13)7-8-14-9-12-6-4-5-10(2)15-12/h4-6,11,14H,3,7-9H2,1-2H3. The number of nitrogens with zero attached hydrogens (tertiary/aromatic N) is 1. The quantitative estimate of drug-likeness (QED) is 0.596. The first-order chi connectivity index (χ1) is 7.22. The van der Waals surface area contributed by atoms with E-state index in [0.717, 1.165) is 37.3 Å². The lowest BCUT2D eigenvalue weighted by Gasteiger charge is -2.07. The van der Waals surface area contributed by atoms with Gasteiger partial charge >= 0.3 is 0 Å². The summed E-state index contributed by atoms with van der Waals surface area (Å²) in [5.74, 6) is 0. The predicted molar refractivity (Wildman–Crippen MR) is 65.2 cm³/mol. The molecule has 0 saturated carbocycles. The third kappa shape index (κ3) is 5.14. The van der Waals surface area contributed by atoms with Crippen LogP contribution in [0.25, 0.3) is 0 Å². The summed E-state index contributed by atoms with van der Waals surface area (Å²) in [4.78, 5) is 4.41. The number of alkyl halides is 1. The molecule has 0 aliphatic rings. The summed E-state index contributed by atoms with van der Waals surface area (Å²) < 4.78 is 0. The van der Waals surface area contributed by atoms with Crippen molar-refractivity contribution in [3.05, 3.63) is 29.6 Å². The van der Waals surface area contributed by atoms with Crippen LogP contribution in [0.1, 0.15) is 31.2 Å². The van der Waals surface area contributed by atoms with Crippen molar-refractivity contribution in [2.24, 2.45) is 0 Å². The average Bonchev–Trinajstić information content (AvgIpc) is 2.24. The monoisotopic (exact) mass is 226 g/mol. The maximum absolute atomic E-state index is 6.02. The molecule has 0 spiro atoms. The van der Waals surface area contributed by atoms with Gasteiger partial charge in [0.2, 0.25) is 0 Å². The first-order valence-corrected chi connectivity index (χ1v) is 5.93. The van der Waals surface area contributed by atoms with E-state index in [9.17, 15) is 0 Å². The van der Waals surface area contributed by atoms with Crippen molar-refractivity contribution in [1.29, 1.82) is 0 Å². The number of rotatable bonds is 6. The lowest BCUT2D eigenvalue weighted by Crippen LogP contribution is -2.18. The van der Waals surface area contributed by atoms with Gasteiger partial charge in [-0.15, -0.1) is 11.6 Å². The van der Waals surface area contributed by atoms with Crippen LogP contribution in [0.2, 0.25) is 0 Å². The van der Waals surface area contributed by atoms with Gasteiger partial charge in [-0.2, -0.15) is 0 Å². The zero-order chi connectivity index (χ0) is 11.1. The number of halogens is 1. The van der Waals surface area contributed by atoms with E-state index < -0.39 is 0 Å². The van der Waals surface area contributed by atoms with E-state index in [1.54, 1.807) is 0 Å². The SMILES string of the molecule is CCC(Cl)CCNCc1cccc(C)n1. The van der Waals surface area contributed by atoms with Crippen LogP contribution < -0.4 is 5.32 Å². The molecule has 0 aromatic carbocycles. The van der Waals surface area contributed by atoms with Crippen molar-refractivity contribution in [2.75, 3.05) is 6.54 Å². The molecule has 1 unspecified atom stereocenters. The molecule has 1 N–H and O–H groups in total. The van der Waals surface area contributed by atoms with E-state index in [1.807, 2.05) is 25.1 Å². The molecule has 1 atom stereocenters. The smallest absolute Gasteiger partial charge is 0.0544 e. The van der Waals surface area contributed by atoms with Crippen LogP contribution in [-0.2, 0) is 6.54 Å². The van der Waals surface area contributed by atoms with Gasteiger partial charge in [0, 0.05) is 17.6 Å². The molecule has 1 rings (SSSR count). The third-order valence-electron chi connectivity index (χ3n) is 2.33. The molecule has 1 aromatic rings. The zero-order valence-corrected chi connectivity index (χ0v) is 10.2. The molecule has 0 bridgehead atoms. The van der Waals surface area contributed by atoms with Crippen molar-refractivity contribution in [3.63, 3.8) is 0 Å². The van der Waals surface area contributed by atoms with Gasteiger partial charge in [-0.25, -0.2) is 0 Å². The number of hydrogen-bond donors (Lipinski definition) is 1. The Bertz CT molecular complexity index is 289. The molecular formula is C12H19ClN2. The second kappa shape index (κ2) is 6.81. The predicted octanol–water partition coefficient (Wildman–Crippen LogP) is 2.89. The summed E-state index contributed by atoms with van der Waals surface area (Å²) in [6, 6.07) is 6.09. The number of nitrogens with one attached hydrogen (secondary N) is 1. The van der Waals surface area contributed by atoms with Gasteiger partial charge in [0.1, 0.15) is 0 Å². The van der Waals surface area contributed by atoms with Gasteiger partial charge < -0.3 is 5.32 Å². The lowest BCUT2D eigenvalue weighted by molar-refractivity contribution is 0.615. The maximum Gasteiger partial charge on any atom is 0.0544 e. The molecule has 0 saturated heterocycles. The summed E-state index contributed by atoms with van der Waals surface area (Å²) in [6.45, 7) is 5.90. The van der Waals surface area contributed by atoms with E-state index in [4.69, 9.17) is 11.6 Å². The normalized spacial score (nSPS) is 12.7. The molecule has 0 aliphatic heterocycles. The molecule has 1 aromatic heterocycles. The minimum atomic E-state index is 0.294.